The monoisotopic (exact) mass is 623 g/mol. The van der Waals surface area contributed by atoms with E-state index in [0.717, 1.165) is 10.1 Å². The second kappa shape index (κ2) is 11.3. The van der Waals surface area contributed by atoms with E-state index >= 15 is 4.39 Å². The smallest absolute Gasteiger partial charge is 0.351 e. The van der Waals surface area contributed by atoms with Crippen LogP contribution in [-0.2, 0) is 14.3 Å². The fourth-order valence-corrected chi connectivity index (χ4v) is 8.89. The minimum absolute atomic E-state index is 0.0171. The third kappa shape index (κ3) is 4.60. The second-order valence-electron chi connectivity index (χ2n) is 13.4. The summed E-state index contributed by atoms with van der Waals surface area (Å²) in [6, 6.07) is 1.37. The van der Waals surface area contributed by atoms with E-state index in [1.54, 1.807) is 13.0 Å². The summed E-state index contributed by atoms with van der Waals surface area (Å²) < 4.78 is 23.0. The van der Waals surface area contributed by atoms with Gasteiger partial charge < -0.3 is 41.1 Å². The van der Waals surface area contributed by atoms with Crippen LogP contribution in [0, 0.1) is 22.7 Å². The first-order valence-electron chi connectivity index (χ1n) is 15.0. The van der Waals surface area contributed by atoms with Gasteiger partial charge in [-0.2, -0.15) is 4.98 Å². The molecule has 0 amide bonds. The molecular formula is C30H42FN3O10. The molecule has 1 saturated heterocycles. The van der Waals surface area contributed by atoms with Crippen LogP contribution >= 0.6 is 0 Å². The zero-order chi connectivity index (χ0) is 32.4. The lowest BCUT2D eigenvalue weighted by Gasteiger charge is -2.63. The fraction of sp³-hybridized carbons (Fsp3) is 0.733. The Labute approximate surface area is 253 Å². The summed E-state index contributed by atoms with van der Waals surface area (Å²) in [5.41, 5.74) is -0.0463. The SMILES string of the molecule is C[C@]12CCC(=O)C=C1CC[C@H]1[C@@H]3CC[C@](O)(C(=O)CO)[C@@]3(C)C[C@H](O)[C@@]12F.Nc1ccn([C@@H]2O[C@H](CO)[C@@H](O)[C@@H]2O)c(=O)n1. The van der Waals surface area contributed by atoms with Crippen molar-refractivity contribution in [3.63, 3.8) is 0 Å². The molecule has 244 valence electrons. The highest BCUT2D eigenvalue weighted by atomic mass is 19.1. The van der Waals surface area contributed by atoms with E-state index in [4.69, 9.17) is 15.6 Å². The van der Waals surface area contributed by atoms with Crippen molar-refractivity contribution in [3.05, 3.63) is 34.4 Å². The van der Waals surface area contributed by atoms with Gasteiger partial charge in [0.05, 0.1) is 12.7 Å². The fourth-order valence-electron chi connectivity index (χ4n) is 8.89. The number of hydrogen-bond acceptors (Lipinski definition) is 12. The van der Waals surface area contributed by atoms with Crippen molar-refractivity contribution < 1.29 is 49.4 Å². The minimum Gasteiger partial charge on any atom is -0.394 e. The average Bonchev–Trinajstić information content (AvgIpc) is 3.41. The lowest BCUT2D eigenvalue weighted by Crippen LogP contribution is -2.69. The summed E-state index contributed by atoms with van der Waals surface area (Å²) in [4.78, 5) is 39.2. The Morgan fingerprint density at radius 1 is 1.11 bits per heavy atom. The Bertz CT molecular complexity index is 1410. The molecule has 4 aliphatic carbocycles. The summed E-state index contributed by atoms with van der Waals surface area (Å²) in [5.74, 6) is -1.30. The number of Topliss-reactive ketones (excluding diaryl/α,β-unsaturated/α-hetero) is 1. The quantitative estimate of drug-likeness (QED) is 0.221. The molecule has 2 heterocycles. The van der Waals surface area contributed by atoms with Crippen LogP contribution in [0.15, 0.2) is 28.7 Å². The average molecular weight is 624 g/mol. The summed E-state index contributed by atoms with van der Waals surface area (Å²) in [6.45, 7) is 2.38. The Morgan fingerprint density at radius 3 is 2.43 bits per heavy atom. The Kier molecular flexibility index (Phi) is 8.45. The first kappa shape index (κ1) is 32.8. The number of carbonyl (C=O) groups is 2. The molecule has 1 aromatic rings. The maximum Gasteiger partial charge on any atom is 0.351 e. The third-order valence-electron chi connectivity index (χ3n) is 11.4. The van der Waals surface area contributed by atoms with Crippen LogP contribution in [0.1, 0.15) is 65.0 Å². The molecule has 1 aliphatic heterocycles. The number of rotatable bonds is 4. The van der Waals surface area contributed by atoms with Gasteiger partial charge in [0, 0.05) is 29.4 Å². The summed E-state index contributed by atoms with van der Waals surface area (Å²) in [7, 11) is 0. The van der Waals surface area contributed by atoms with Crippen molar-refractivity contribution in [3.8, 4) is 0 Å². The van der Waals surface area contributed by atoms with Gasteiger partial charge in [-0.3, -0.25) is 14.2 Å². The topological polar surface area (TPSA) is 226 Å². The van der Waals surface area contributed by atoms with E-state index in [-0.39, 0.29) is 36.8 Å². The van der Waals surface area contributed by atoms with Gasteiger partial charge in [0.1, 0.15) is 42.0 Å². The van der Waals surface area contributed by atoms with Gasteiger partial charge in [0.25, 0.3) is 0 Å². The van der Waals surface area contributed by atoms with Crippen LogP contribution in [0.4, 0.5) is 10.2 Å². The van der Waals surface area contributed by atoms with Crippen molar-refractivity contribution >= 4 is 17.4 Å². The molecular weight excluding hydrogens is 581 g/mol. The molecule has 0 bridgehead atoms. The number of anilines is 1. The molecule has 0 unspecified atom stereocenters. The zero-order valence-electron chi connectivity index (χ0n) is 24.8. The highest BCUT2D eigenvalue weighted by Gasteiger charge is 2.74. The number of aliphatic hydroxyl groups excluding tert-OH is 5. The van der Waals surface area contributed by atoms with Crippen molar-refractivity contribution in [1.29, 1.82) is 0 Å². The zero-order valence-corrected chi connectivity index (χ0v) is 24.8. The number of nitrogen functional groups attached to an aromatic ring is 1. The first-order chi connectivity index (χ1) is 20.6. The van der Waals surface area contributed by atoms with E-state index in [1.807, 2.05) is 6.92 Å². The molecule has 8 N–H and O–H groups in total. The summed E-state index contributed by atoms with van der Waals surface area (Å²) in [6.07, 6.45) is -0.619. The predicted molar refractivity (Wildman–Crippen MR) is 151 cm³/mol. The largest absolute Gasteiger partial charge is 0.394 e. The van der Waals surface area contributed by atoms with Crippen LogP contribution in [0.25, 0.3) is 0 Å². The molecule has 4 fully saturated rings. The van der Waals surface area contributed by atoms with Crippen molar-refractivity contribution in [1.82, 2.24) is 9.55 Å². The number of ketones is 2. The number of ether oxygens (including phenoxy) is 1. The van der Waals surface area contributed by atoms with Crippen molar-refractivity contribution in [2.45, 2.75) is 101 Å². The Hall–Kier alpha value is -2.59. The highest BCUT2D eigenvalue weighted by Crippen LogP contribution is 2.70. The van der Waals surface area contributed by atoms with E-state index in [2.05, 4.69) is 4.98 Å². The summed E-state index contributed by atoms with van der Waals surface area (Å²) in [5, 5.41) is 59.7. The predicted octanol–water partition coefficient (Wildman–Crippen LogP) is -0.689. The van der Waals surface area contributed by atoms with Gasteiger partial charge in [-0.25, -0.2) is 9.18 Å². The van der Waals surface area contributed by atoms with Gasteiger partial charge in [-0.05, 0) is 56.6 Å². The second-order valence-corrected chi connectivity index (χ2v) is 13.4. The molecule has 11 atom stereocenters. The number of aromatic nitrogens is 2. The van der Waals surface area contributed by atoms with E-state index in [1.165, 1.54) is 12.3 Å². The molecule has 6 rings (SSSR count). The highest BCUT2D eigenvalue weighted by molar-refractivity contribution is 5.92. The number of nitrogens with zero attached hydrogens (tertiary/aromatic N) is 2. The molecule has 0 aromatic carbocycles. The Morgan fingerprint density at radius 2 is 1.82 bits per heavy atom. The van der Waals surface area contributed by atoms with Crippen LogP contribution in [0.5, 0.6) is 0 Å². The molecule has 44 heavy (non-hydrogen) atoms. The number of nitrogens with two attached hydrogens (primary N) is 1. The van der Waals surface area contributed by atoms with Gasteiger partial charge in [-0.1, -0.05) is 19.4 Å². The van der Waals surface area contributed by atoms with E-state index < -0.39 is 83.3 Å². The lowest BCUT2D eigenvalue weighted by molar-refractivity contribution is -0.226. The van der Waals surface area contributed by atoms with Gasteiger partial charge in [0.2, 0.25) is 0 Å². The van der Waals surface area contributed by atoms with Crippen LogP contribution in [0.2, 0.25) is 0 Å². The molecule has 5 aliphatic rings. The van der Waals surface area contributed by atoms with Crippen molar-refractivity contribution in [2.24, 2.45) is 22.7 Å². The van der Waals surface area contributed by atoms with Crippen LogP contribution < -0.4 is 11.4 Å². The number of alkyl halides is 1. The number of carbonyl (C=O) groups excluding carboxylic acids is 2. The molecule has 13 nitrogen and oxygen atoms in total. The number of aliphatic hydroxyl groups is 6. The maximum atomic E-state index is 16.8. The lowest BCUT2D eigenvalue weighted by atomic mass is 9.44. The standard InChI is InChI=1S/C21H29FO5.C9H13N3O5/c1-18-7-5-13(24)9-12(18)3-4-15-14-6-8-20(27,17(26)11-23)19(14,2)10-16(25)21(15,18)22;10-5-1-2-12(9(16)11-5)8-7(15)6(14)4(3-13)17-8/h9,14-16,23,25,27H,3-8,10-11H2,1-2H3;1-2,4,6-8,13-15H,3H2,(H2,10,11,16)/t14-,15-,16-,18-,19-,20-,21-;4-,6-,7+,8-/m01/s1. The summed E-state index contributed by atoms with van der Waals surface area (Å²) >= 11 is 0. The third-order valence-corrected chi connectivity index (χ3v) is 11.4. The van der Waals surface area contributed by atoms with Gasteiger partial charge in [0.15, 0.2) is 17.8 Å². The van der Waals surface area contributed by atoms with Gasteiger partial charge in [-0.15, -0.1) is 0 Å². The molecule has 14 heteroatoms. The first-order valence-corrected chi connectivity index (χ1v) is 15.0. The Balaban J connectivity index is 0.000000195. The van der Waals surface area contributed by atoms with Crippen molar-refractivity contribution in [2.75, 3.05) is 18.9 Å². The van der Waals surface area contributed by atoms with Crippen LogP contribution in [0.3, 0.4) is 0 Å². The minimum atomic E-state index is -1.88. The number of fused-ring (bicyclic) bond motifs is 5. The van der Waals surface area contributed by atoms with Gasteiger partial charge >= 0.3 is 5.69 Å². The van der Waals surface area contributed by atoms with Crippen LogP contribution in [-0.4, -0.2) is 101 Å². The normalized spacial score (nSPS) is 44.5. The maximum absolute atomic E-state index is 16.8. The molecule has 3 saturated carbocycles. The van der Waals surface area contributed by atoms with E-state index in [0.29, 0.717) is 25.7 Å². The number of allylic oxidation sites excluding steroid dienone is 1. The molecule has 1 aromatic heterocycles. The number of hydrogen-bond donors (Lipinski definition) is 7. The molecule has 0 radical (unpaired) electrons. The van der Waals surface area contributed by atoms with E-state index in [9.17, 15) is 39.9 Å². The number of halogens is 1. The molecule has 0 spiro atoms.